The number of hydrogen-bond donors (Lipinski definition) is 0. The number of benzene rings is 3. The van der Waals surface area contributed by atoms with E-state index < -0.39 is 17.6 Å². The quantitative estimate of drug-likeness (QED) is 0.525. The Kier molecular flexibility index (Phi) is 3.42. The van der Waals surface area contributed by atoms with Crippen LogP contribution in [0.5, 0.6) is 0 Å². The molecule has 25 heavy (non-hydrogen) atoms. The standard InChI is InChI=1S/C20H11F2NO2/c21-12-6-7-14(16(22)9-12)18-10-15(20(24)25)19-13-4-2-1-3-11(13)5-8-17(19)23-18/h1-10H,(H,24,25)/p-1. The number of fused-ring (bicyclic) bond motifs is 3. The molecule has 0 aliphatic rings. The fraction of sp³-hybridized carbons (Fsp3) is 0. The minimum atomic E-state index is -1.38. The highest BCUT2D eigenvalue weighted by Crippen LogP contribution is 2.31. The Balaban J connectivity index is 2.09. The Morgan fingerprint density at radius 2 is 1.76 bits per heavy atom. The molecular formula is C20H10F2NO2-. The maximum atomic E-state index is 14.1. The molecule has 0 radical (unpaired) electrons. The van der Waals surface area contributed by atoms with Gasteiger partial charge in [-0.2, -0.15) is 0 Å². The first-order valence-corrected chi connectivity index (χ1v) is 7.54. The van der Waals surface area contributed by atoms with Crippen molar-refractivity contribution in [1.82, 2.24) is 4.98 Å². The number of pyridine rings is 1. The number of aromatic carboxylic acids is 1. The first kappa shape index (κ1) is 15.2. The molecule has 3 aromatic carbocycles. The van der Waals surface area contributed by atoms with Gasteiger partial charge in [0.05, 0.1) is 17.2 Å². The first-order chi connectivity index (χ1) is 12.0. The minimum Gasteiger partial charge on any atom is -0.545 e. The lowest BCUT2D eigenvalue weighted by atomic mass is 9.98. The van der Waals surface area contributed by atoms with Gasteiger partial charge in [0.1, 0.15) is 11.6 Å². The van der Waals surface area contributed by atoms with Crippen LogP contribution in [-0.4, -0.2) is 11.0 Å². The average Bonchev–Trinajstić information content (AvgIpc) is 2.60. The molecule has 0 N–H and O–H groups in total. The van der Waals surface area contributed by atoms with Crippen molar-refractivity contribution in [3.8, 4) is 11.3 Å². The van der Waals surface area contributed by atoms with Gasteiger partial charge in [-0.3, -0.25) is 0 Å². The molecule has 1 heterocycles. The summed E-state index contributed by atoms with van der Waals surface area (Å²) in [6.45, 7) is 0. The van der Waals surface area contributed by atoms with Crippen molar-refractivity contribution in [2.45, 2.75) is 0 Å². The third kappa shape index (κ3) is 2.50. The Morgan fingerprint density at radius 1 is 0.960 bits per heavy atom. The molecule has 0 unspecified atom stereocenters. The van der Waals surface area contributed by atoms with Gasteiger partial charge >= 0.3 is 0 Å². The van der Waals surface area contributed by atoms with E-state index in [-0.39, 0.29) is 16.8 Å². The monoisotopic (exact) mass is 334 g/mol. The number of aromatic nitrogens is 1. The van der Waals surface area contributed by atoms with Gasteiger partial charge < -0.3 is 9.90 Å². The van der Waals surface area contributed by atoms with Crippen LogP contribution in [0.3, 0.4) is 0 Å². The number of hydrogen-bond acceptors (Lipinski definition) is 3. The number of halogens is 2. The van der Waals surface area contributed by atoms with Crippen molar-refractivity contribution in [1.29, 1.82) is 0 Å². The third-order valence-electron chi connectivity index (χ3n) is 4.13. The number of carbonyl (C=O) groups is 1. The lowest BCUT2D eigenvalue weighted by Gasteiger charge is -2.13. The number of carbonyl (C=O) groups excluding carboxylic acids is 1. The zero-order valence-electron chi connectivity index (χ0n) is 12.8. The molecule has 4 rings (SSSR count). The summed E-state index contributed by atoms with van der Waals surface area (Å²) >= 11 is 0. The molecular weight excluding hydrogens is 324 g/mol. The summed E-state index contributed by atoms with van der Waals surface area (Å²) in [4.78, 5) is 16.1. The molecule has 0 aliphatic carbocycles. The van der Waals surface area contributed by atoms with Gasteiger partial charge in [0.25, 0.3) is 0 Å². The van der Waals surface area contributed by atoms with E-state index in [9.17, 15) is 18.7 Å². The number of carboxylic acid groups (broad SMARTS) is 1. The second kappa shape index (κ2) is 5.63. The Morgan fingerprint density at radius 3 is 2.52 bits per heavy atom. The van der Waals surface area contributed by atoms with Crippen molar-refractivity contribution in [3.05, 3.63) is 77.9 Å². The van der Waals surface area contributed by atoms with Gasteiger partial charge in [0, 0.05) is 22.6 Å². The van der Waals surface area contributed by atoms with Gasteiger partial charge in [0.2, 0.25) is 0 Å². The summed E-state index contributed by atoms with van der Waals surface area (Å²) < 4.78 is 27.2. The average molecular weight is 334 g/mol. The Bertz CT molecular complexity index is 1160. The van der Waals surface area contributed by atoms with E-state index in [1.165, 1.54) is 12.1 Å². The summed E-state index contributed by atoms with van der Waals surface area (Å²) in [5, 5.41) is 13.7. The zero-order chi connectivity index (χ0) is 17.6. The zero-order valence-corrected chi connectivity index (χ0v) is 12.8. The van der Waals surface area contributed by atoms with Crippen LogP contribution >= 0.6 is 0 Å². The van der Waals surface area contributed by atoms with E-state index in [2.05, 4.69) is 4.98 Å². The van der Waals surface area contributed by atoms with Gasteiger partial charge in [-0.1, -0.05) is 30.3 Å². The van der Waals surface area contributed by atoms with E-state index in [0.29, 0.717) is 10.9 Å². The van der Waals surface area contributed by atoms with E-state index in [1.54, 1.807) is 18.2 Å². The second-order valence-electron chi connectivity index (χ2n) is 5.65. The fourth-order valence-electron chi connectivity index (χ4n) is 3.00. The Hall–Kier alpha value is -3.34. The molecule has 0 bridgehead atoms. The molecule has 0 saturated carbocycles. The van der Waals surface area contributed by atoms with Crippen molar-refractivity contribution in [2.24, 2.45) is 0 Å². The summed E-state index contributed by atoms with van der Waals surface area (Å²) in [7, 11) is 0. The number of rotatable bonds is 2. The van der Waals surface area contributed by atoms with Crippen LogP contribution in [0.2, 0.25) is 0 Å². The van der Waals surface area contributed by atoms with Crippen LogP contribution in [0, 0.1) is 11.6 Å². The molecule has 0 fully saturated rings. The molecule has 0 spiro atoms. The van der Waals surface area contributed by atoms with Crippen LogP contribution < -0.4 is 5.11 Å². The molecule has 122 valence electrons. The van der Waals surface area contributed by atoms with Crippen LogP contribution in [0.4, 0.5) is 8.78 Å². The summed E-state index contributed by atoms with van der Waals surface area (Å²) in [6.07, 6.45) is 0. The predicted molar refractivity (Wildman–Crippen MR) is 88.9 cm³/mol. The maximum absolute atomic E-state index is 14.1. The van der Waals surface area contributed by atoms with Crippen LogP contribution in [0.25, 0.3) is 32.9 Å². The fourth-order valence-corrected chi connectivity index (χ4v) is 3.00. The molecule has 0 atom stereocenters. The summed E-state index contributed by atoms with van der Waals surface area (Å²) in [5.74, 6) is -2.90. The highest BCUT2D eigenvalue weighted by molar-refractivity contribution is 6.15. The van der Waals surface area contributed by atoms with Gasteiger partial charge in [0.15, 0.2) is 0 Å². The van der Waals surface area contributed by atoms with Crippen molar-refractivity contribution in [2.75, 3.05) is 0 Å². The molecule has 4 aromatic rings. The molecule has 0 aliphatic heterocycles. The lowest BCUT2D eigenvalue weighted by Crippen LogP contribution is -2.23. The van der Waals surface area contributed by atoms with Crippen molar-refractivity contribution < 1.29 is 18.7 Å². The largest absolute Gasteiger partial charge is 0.545 e. The van der Waals surface area contributed by atoms with E-state index in [1.807, 2.05) is 18.2 Å². The van der Waals surface area contributed by atoms with Gasteiger partial charge in [-0.25, -0.2) is 13.8 Å². The van der Waals surface area contributed by atoms with Gasteiger partial charge in [-0.05, 0) is 35.0 Å². The smallest absolute Gasteiger partial charge is 0.135 e. The van der Waals surface area contributed by atoms with Gasteiger partial charge in [-0.15, -0.1) is 0 Å². The van der Waals surface area contributed by atoms with E-state index in [4.69, 9.17) is 0 Å². The lowest BCUT2D eigenvalue weighted by molar-refractivity contribution is -0.254. The SMILES string of the molecule is O=C([O-])c1cc(-c2ccc(F)cc2F)nc2ccc3ccccc3c12. The highest BCUT2D eigenvalue weighted by atomic mass is 19.1. The summed E-state index contributed by atoms with van der Waals surface area (Å²) in [6, 6.07) is 15.1. The molecule has 3 nitrogen and oxygen atoms in total. The van der Waals surface area contributed by atoms with Crippen LogP contribution in [-0.2, 0) is 0 Å². The molecule has 5 heteroatoms. The number of carboxylic acids is 1. The number of nitrogens with zero attached hydrogens (tertiary/aromatic N) is 1. The predicted octanol–water partition coefficient (Wildman–Crippen LogP) is 3.70. The summed E-state index contributed by atoms with van der Waals surface area (Å²) in [5.41, 5.74) is 0.457. The van der Waals surface area contributed by atoms with Crippen molar-refractivity contribution >= 4 is 27.6 Å². The minimum absolute atomic E-state index is 0.0268. The van der Waals surface area contributed by atoms with Crippen LogP contribution in [0.15, 0.2) is 60.7 Å². The molecule has 1 aromatic heterocycles. The Labute approximate surface area is 141 Å². The van der Waals surface area contributed by atoms with Crippen LogP contribution in [0.1, 0.15) is 10.4 Å². The van der Waals surface area contributed by atoms with E-state index >= 15 is 0 Å². The highest BCUT2D eigenvalue weighted by Gasteiger charge is 2.14. The van der Waals surface area contributed by atoms with Crippen molar-refractivity contribution in [3.63, 3.8) is 0 Å². The maximum Gasteiger partial charge on any atom is 0.135 e. The first-order valence-electron chi connectivity index (χ1n) is 7.54. The third-order valence-corrected chi connectivity index (χ3v) is 4.13. The second-order valence-corrected chi connectivity index (χ2v) is 5.65. The topological polar surface area (TPSA) is 53.0 Å². The molecule has 0 saturated heterocycles. The molecule has 0 amide bonds. The van der Waals surface area contributed by atoms with E-state index in [0.717, 1.165) is 22.9 Å². The normalized spacial score (nSPS) is 11.1.